The Labute approximate surface area is 85.9 Å². The summed E-state index contributed by atoms with van der Waals surface area (Å²) in [5, 5.41) is 2.45. The van der Waals surface area contributed by atoms with Gasteiger partial charge in [0.05, 0.1) is 13.2 Å². The summed E-state index contributed by atoms with van der Waals surface area (Å²) in [7, 11) is 0. The smallest absolute Gasteiger partial charge is 0.350 e. The van der Waals surface area contributed by atoms with E-state index >= 15 is 0 Å². The Kier molecular flexibility index (Phi) is 2.92. The first-order valence-electron chi connectivity index (χ1n) is 5.10. The minimum Gasteiger partial charge on any atom is -0.350 e. The van der Waals surface area contributed by atoms with Crippen LogP contribution in [0.15, 0.2) is 0 Å². The Bertz CT molecular complexity index is 220. The third-order valence-corrected chi connectivity index (χ3v) is 2.83. The normalized spacial score (nSPS) is 31.8. The van der Waals surface area contributed by atoms with E-state index in [-0.39, 0.29) is 13.0 Å². The van der Waals surface area contributed by atoms with E-state index < -0.39 is 18.0 Å². The second kappa shape index (κ2) is 3.92. The fourth-order valence-electron chi connectivity index (χ4n) is 2.03. The zero-order valence-electron chi connectivity index (χ0n) is 8.27. The molecular formula is C9H14F3NO2. The van der Waals surface area contributed by atoms with E-state index in [4.69, 9.17) is 9.47 Å². The van der Waals surface area contributed by atoms with Crippen LogP contribution in [-0.2, 0) is 9.47 Å². The highest BCUT2D eigenvalue weighted by molar-refractivity contribution is 4.90. The molecule has 2 rings (SSSR count). The minimum absolute atomic E-state index is 0.142. The summed E-state index contributed by atoms with van der Waals surface area (Å²) in [5.41, 5.74) is 0. The van der Waals surface area contributed by atoms with Crippen LogP contribution in [0.3, 0.4) is 0 Å². The molecule has 0 saturated carbocycles. The quantitative estimate of drug-likeness (QED) is 0.676. The molecule has 6 heteroatoms. The standard InChI is InChI=1S/C9H14F3NO2/c10-9(11,12)7-6-8(2-3-13-7)14-4-1-5-15-8/h7,13H,1-6H2. The fourth-order valence-corrected chi connectivity index (χ4v) is 2.03. The Balaban J connectivity index is 2.02. The Morgan fingerprint density at radius 2 is 1.87 bits per heavy atom. The van der Waals surface area contributed by atoms with Gasteiger partial charge in [-0.2, -0.15) is 13.2 Å². The molecule has 1 atom stereocenters. The van der Waals surface area contributed by atoms with E-state index in [1.54, 1.807) is 0 Å². The van der Waals surface area contributed by atoms with Gasteiger partial charge in [-0.15, -0.1) is 0 Å². The van der Waals surface area contributed by atoms with Crippen LogP contribution in [0.4, 0.5) is 13.2 Å². The summed E-state index contributed by atoms with van der Waals surface area (Å²) in [6.45, 7) is 1.26. The van der Waals surface area contributed by atoms with E-state index in [0.29, 0.717) is 19.6 Å². The molecule has 1 N–H and O–H groups in total. The molecular weight excluding hydrogens is 211 g/mol. The van der Waals surface area contributed by atoms with Crippen molar-refractivity contribution in [1.82, 2.24) is 5.32 Å². The van der Waals surface area contributed by atoms with Gasteiger partial charge in [0.1, 0.15) is 6.04 Å². The summed E-state index contributed by atoms with van der Waals surface area (Å²) in [6, 6.07) is -1.51. The number of alkyl halides is 3. The van der Waals surface area contributed by atoms with Crippen LogP contribution in [0.5, 0.6) is 0 Å². The van der Waals surface area contributed by atoms with E-state index in [9.17, 15) is 13.2 Å². The molecule has 1 spiro atoms. The number of ether oxygens (including phenoxy) is 2. The highest BCUT2D eigenvalue weighted by atomic mass is 19.4. The van der Waals surface area contributed by atoms with Crippen LogP contribution >= 0.6 is 0 Å². The fraction of sp³-hybridized carbons (Fsp3) is 1.00. The number of piperidine rings is 1. The molecule has 2 heterocycles. The van der Waals surface area contributed by atoms with Crippen molar-refractivity contribution in [3.63, 3.8) is 0 Å². The maximum atomic E-state index is 12.5. The Morgan fingerprint density at radius 1 is 1.20 bits per heavy atom. The molecule has 0 aliphatic carbocycles. The van der Waals surface area contributed by atoms with Crippen molar-refractivity contribution in [3.8, 4) is 0 Å². The lowest BCUT2D eigenvalue weighted by atomic mass is 9.97. The minimum atomic E-state index is -4.22. The number of hydrogen-bond acceptors (Lipinski definition) is 3. The predicted octanol–water partition coefficient (Wildman–Crippen LogP) is 1.43. The van der Waals surface area contributed by atoms with Crippen LogP contribution in [0.2, 0.25) is 0 Å². The summed E-state index contributed by atoms with van der Waals surface area (Å²) >= 11 is 0. The average Bonchev–Trinajstić information content (AvgIpc) is 2.18. The van der Waals surface area contributed by atoms with Gasteiger partial charge < -0.3 is 14.8 Å². The molecule has 0 radical (unpaired) electrons. The average molecular weight is 225 g/mol. The van der Waals surface area contributed by atoms with Crippen LogP contribution in [0.25, 0.3) is 0 Å². The third kappa shape index (κ3) is 2.43. The molecule has 2 aliphatic heterocycles. The zero-order chi connectivity index (χ0) is 10.9. The monoisotopic (exact) mass is 225 g/mol. The van der Waals surface area contributed by atoms with Gasteiger partial charge in [-0.25, -0.2) is 0 Å². The lowest BCUT2D eigenvalue weighted by molar-refractivity contribution is -0.296. The van der Waals surface area contributed by atoms with Crippen molar-refractivity contribution in [2.75, 3.05) is 19.8 Å². The summed E-state index contributed by atoms with van der Waals surface area (Å²) in [6.07, 6.45) is -3.13. The number of rotatable bonds is 0. The van der Waals surface area contributed by atoms with Crippen molar-refractivity contribution < 1.29 is 22.6 Å². The molecule has 1 unspecified atom stereocenters. The van der Waals surface area contributed by atoms with Gasteiger partial charge in [0, 0.05) is 19.4 Å². The highest BCUT2D eigenvalue weighted by Gasteiger charge is 2.49. The SMILES string of the molecule is FC(F)(F)C1CC2(CCN1)OCCCO2. The van der Waals surface area contributed by atoms with Crippen LogP contribution < -0.4 is 5.32 Å². The van der Waals surface area contributed by atoms with Gasteiger partial charge in [-0.1, -0.05) is 0 Å². The highest BCUT2D eigenvalue weighted by Crippen LogP contribution is 2.35. The predicted molar refractivity (Wildman–Crippen MR) is 46.3 cm³/mol. The molecule has 0 aromatic carbocycles. The largest absolute Gasteiger partial charge is 0.404 e. The molecule has 15 heavy (non-hydrogen) atoms. The van der Waals surface area contributed by atoms with E-state index in [1.807, 2.05) is 0 Å². The van der Waals surface area contributed by atoms with Gasteiger partial charge in [0.2, 0.25) is 0 Å². The lowest BCUT2D eigenvalue weighted by Crippen LogP contribution is -2.57. The van der Waals surface area contributed by atoms with E-state index in [2.05, 4.69) is 5.32 Å². The zero-order valence-corrected chi connectivity index (χ0v) is 8.27. The molecule has 0 amide bonds. The first kappa shape index (κ1) is 11.2. The number of nitrogens with one attached hydrogen (secondary N) is 1. The van der Waals surface area contributed by atoms with Crippen molar-refractivity contribution in [3.05, 3.63) is 0 Å². The van der Waals surface area contributed by atoms with Gasteiger partial charge in [-0.3, -0.25) is 0 Å². The lowest BCUT2D eigenvalue weighted by Gasteiger charge is -2.43. The summed E-state index contributed by atoms with van der Waals surface area (Å²) in [4.78, 5) is 0. The van der Waals surface area contributed by atoms with Crippen LogP contribution in [-0.4, -0.2) is 37.8 Å². The van der Waals surface area contributed by atoms with Gasteiger partial charge >= 0.3 is 6.18 Å². The molecule has 0 aromatic rings. The van der Waals surface area contributed by atoms with Crippen molar-refractivity contribution in [1.29, 1.82) is 0 Å². The number of hydrogen-bond donors (Lipinski definition) is 1. The van der Waals surface area contributed by atoms with Gasteiger partial charge in [-0.05, 0) is 6.42 Å². The first-order chi connectivity index (χ1) is 7.02. The maximum absolute atomic E-state index is 12.5. The van der Waals surface area contributed by atoms with Gasteiger partial charge in [0.15, 0.2) is 5.79 Å². The van der Waals surface area contributed by atoms with Crippen molar-refractivity contribution >= 4 is 0 Å². The maximum Gasteiger partial charge on any atom is 0.404 e. The van der Waals surface area contributed by atoms with Crippen molar-refractivity contribution in [2.24, 2.45) is 0 Å². The molecule has 2 aliphatic rings. The van der Waals surface area contributed by atoms with Gasteiger partial charge in [0.25, 0.3) is 0 Å². The summed E-state index contributed by atoms with van der Waals surface area (Å²) < 4.78 is 48.3. The number of halogens is 3. The van der Waals surface area contributed by atoms with E-state index in [1.165, 1.54) is 0 Å². The molecule has 88 valence electrons. The Hall–Kier alpha value is -0.330. The molecule has 2 fully saturated rings. The van der Waals surface area contributed by atoms with Crippen LogP contribution in [0.1, 0.15) is 19.3 Å². The second-order valence-corrected chi connectivity index (χ2v) is 3.96. The topological polar surface area (TPSA) is 30.5 Å². The Morgan fingerprint density at radius 3 is 2.47 bits per heavy atom. The molecule has 2 saturated heterocycles. The second-order valence-electron chi connectivity index (χ2n) is 3.96. The van der Waals surface area contributed by atoms with Crippen LogP contribution in [0, 0.1) is 0 Å². The third-order valence-electron chi connectivity index (χ3n) is 2.83. The molecule has 0 bridgehead atoms. The summed E-state index contributed by atoms with van der Waals surface area (Å²) in [5.74, 6) is -0.996. The van der Waals surface area contributed by atoms with Crippen molar-refractivity contribution in [2.45, 2.75) is 37.3 Å². The molecule has 3 nitrogen and oxygen atoms in total. The first-order valence-corrected chi connectivity index (χ1v) is 5.10. The van der Waals surface area contributed by atoms with E-state index in [0.717, 1.165) is 6.42 Å². The molecule has 0 aromatic heterocycles.